The number of rotatable bonds is 3. The van der Waals surface area contributed by atoms with Crippen LogP contribution < -0.4 is 5.32 Å². The van der Waals surface area contributed by atoms with Crippen molar-refractivity contribution >= 4 is 23.3 Å². The highest BCUT2D eigenvalue weighted by molar-refractivity contribution is 6.30. The van der Waals surface area contributed by atoms with Gasteiger partial charge in [-0.1, -0.05) is 28.0 Å². The third kappa shape index (κ3) is 2.95. The van der Waals surface area contributed by atoms with E-state index in [2.05, 4.69) is 20.8 Å². The third-order valence-electron chi connectivity index (χ3n) is 3.38. The monoisotopic (exact) mass is 331 g/mol. The number of amides is 1. The summed E-state index contributed by atoms with van der Waals surface area (Å²) in [7, 11) is 0. The molecule has 3 aromatic rings. The van der Waals surface area contributed by atoms with Crippen LogP contribution >= 0.6 is 11.6 Å². The molecule has 0 aliphatic heterocycles. The summed E-state index contributed by atoms with van der Waals surface area (Å²) in [4.78, 5) is 12.3. The molecule has 2 heterocycles. The first kappa shape index (κ1) is 15.2. The highest BCUT2D eigenvalue weighted by Gasteiger charge is 2.19. The topological polar surface area (TPSA) is 85.8 Å². The number of aryl methyl sites for hydroxylation is 2. The fourth-order valence-electron chi connectivity index (χ4n) is 2.18. The molecule has 2 aromatic heterocycles. The number of carbonyl (C=O) groups is 1. The second kappa shape index (κ2) is 5.85. The lowest BCUT2D eigenvalue weighted by Crippen LogP contribution is -2.14. The van der Waals surface area contributed by atoms with Crippen molar-refractivity contribution in [1.82, 2.24) is 20.2 Å². The van der Waals surface area contributed by atoms with Crippen LogP contribution in [0.5, 0.6) is 0 Å². The molecule has 23 heavy (non-hydrogen) atoms. The van der Waals surface area contributed by atoms with E-state index in [-0.39, 0.29) is 5.69 Å². The number of nitrogens with zero attached hydrogens (tertiary/aromatic N) is 4. The second-order valence-corrected chi connectivity index (χ2v) is 5.58. The van der Waals surface area contributed by atoms with Crippen molar-refractivity contribution in [3.63, 3.8) is 0 Å². The molecule has 118 valence electrons. The molecule has 0 atom stereocenters. The zero-order valence-electron chi connectivity index (χ0n) is 12.8. The van der Waals surface area contributed by atoms with Gasteiger partial charge in [0.05, 0.1) is 11.4 Å². The number of benzene rings is 1. The van der Waals surface area contributed by atoms with E-state index in [1.54, 1.807) is 36.7 Å². The van der Waals surface area contributed by atoms with Gasteiger partial charge in [-0.3, -0.25) is 4.79 Å². The van der Waals surface area contributed by atoms with Crippen LogP contribution in [-0.2, 0) is 0 Å². The molecule has 0 bridgehead atoms. The first-order valence-corrected chi connectivity index (χ1v) is 7.27. The highest BCUT2D eigenvalue weighted by atomic mass is 35.5. The Labute approximate surface area is 137 Å². The zero-order valence-corrected chi connectivity index (χ0v) is 13.5. The zero-order chi connectivity index (χ0) is 16.6. The summed E-state index contributed by atoms with van der Waals surface area (Å²) in [5.74, 6) is 0.539. The lowest BCUT2D eigenvalue weighted by atomic mass is 10.2. The highest BCUT2D eigenvalue weighted by Crippen LogP contribution is 2.21. The van der Waals surface area contributed by atoms with Crippen LogP contribution in [0.15, 0.2) is 28.8 Å². The van der Waals surface area contributed by atoms with Crippen molar-refractivity contribution in [3.05, 3.63) is 52.0 Å². The molecule has 1 aromatic carbocycles. The molecule has 0 saturated heterocycles. The molecule has 0 aliphatic rings. The van der Waals surface area contributed by atoms with E-state index in [1.165, 1.54) is 0 Å². The van der Waals surface area contributed by atoms with Crippen molar-refractivity contribution in [3.8, 4) is 5.69 Å². The van der Waals surface area contributed by atoms with E-state index in [1.807, 2.05) is 13.0 Å². The van der Waals surface area contributed by atoms with E-state index in [4.69, 9.17) is 16.1 Å². The molecule has 0 fully saturated rings. The van der Waals surface area contributed by atoms with Gasteiger partial charge in [0.15, 0.2) is 11.5 Å². The largest absolute Gasteiger partial charge is 0.360 e. The van der Waals surface area contributed by atoms with E-state index in [0.29, 0.717) is 22.3 Å². The average Bonchev–Trinajstić information content (AvgIpc) is 3.08. The Morgan fingerprint density at radius 3 is 2.74 bits per heavy atom. The van der Waals surface area contributed by atoms with Crippen LogP contribution in [0.2, 0.25) is 5.02 Å². The standard InChI is InChI=1S/C15H14ClN5O2/c1-8-4-5-11(16)7-12(8)21-10(3)14(18-20-21)15(22)17-13-6-9(2)23-19-13/h4-7H,1-3H3,(H,17,19,22). The van der Waals surface area contributed by atoms with Gasteiger partial charge in [0, 0.05) is 11.1 Å². The van der Waals surface area contributed by atoms with Crippen molar-refractivity contribution in [1.29, 1.82) is 0 Å². The lowest BCUT2D eigenvalue weighted by molar-refractivity contribution is 0.102. The first-order chi connectivity index (χ1) is 11.0. The summed E-state index contributed by atoms with van der Waals surface area (Å²) in [5, 5.41) is 15.0. The number of carbonyl (C=O) groups excluding carboxylic acids is 1. The van der Waals surface area contributed by atoms with Crippen LogP contribution in [0.25, 0.3) is 5.69 Å². The van der Waals surface area contributed by atoms with Gasteiger partial charge in [-0.05, 0) is 38.5 Å². The fraction of sp³-hybridized carbons (Fsp3) is 0.200. The Kier molecular flexibility index (Phi) is 3.87. The fourth-order valence-corrected chi connectivity index (χ4v) is 2.35. The molecule has 7 nitrogen and oxygen atoms in total. The molecule has 0 aliphatic carbocycles. The number of anilines is 1. The second-order valence-electron chi connectivity index (χ2n) is 5.14. The van der Waals surface area contributed by atoms with Gasteiger partial charge >= 0.3 is 0 Å². The van der Waals surface area contributed by atoms with Crippen molar-refractivity contribution in [2.45, 2.75) is 20.8 Å². The van der Waals surface area contributed by atoms with Crippen LogP contribution in [0.1, 0.15) is 27.5 Å². The van der Waals surface area contributed by atoms with Crippen molar-refractivity contribution in [2.24, 2.45) is 0 Å². The maximum Gasteiger partial charge on any atom is 0.279 e. The Morgan fingerprint density at radius 2 is 2.04 bits per heavy atom. The molecule has 0 spiro atoms. The number of hydrogen-bond acceptors (Lipinski definition) is 5. The quantitative estimate of drug-likeness (QED) is 0.797. The Balaban J connectivity index is 1.92. The van der Waals surface area contributed by atoms with Gasteiger partial charge < -0.3 is 9.84 Å². The van der Waals surface area contributed by atoms with Gasteiger partial charge in [0.1, 0.15) is 5.76 Å². The third-order valence-corrected chi connectivity index (χ3v) is 3.61. The number of halogens is 1. The SMILES string of the molecule is Cc1cc(NC(=O)c2nnn(-c3cc(Cl)ccc3C)c2C)no1. The van der Waals surface area contributed by atoms with Crippen LogP contribution in [0, 0.1) is 20.8 Å². The summed E-state index contributed by atoms with van der Waals surface area (Å²) in [6.07, 6.45) is 0. The van der Waals surface area contributed by atoms with Crippen molar-refractivity contribution in [2.75, 3.05) is 5.32 Å². The van der Waals surface area contributed by atoms with E-state index in [0.717, 1.165) is 11.3 Å². The predicted octanol–water partition coefficient (Wildman–Crippen LogP) is 3.09. The molecule has 0 radical (unpaired) electrons. The van der Waals surface area contributed by atoms with Crippen LogP contribution in [-0.4, -0.2) is 26.1 Å². The van der Waals surface area contributed by atoms with Gasteiger partial charge in [-0.25, -0.2) is 4.68 Å². The number of nitrogens with one attached hydrogen (secondary N) is 1. The molecule has 3 rings (SSSR count). The molecule has 1 N–H and O–H groups in total. The summed E-state index contributed by atoms with van der Waals surface area (Å²) in [6.45, 7) is 5.44. The predicted molar refractivity (Wildman–Crippen MR) is 85.0 cm³/mol. The summed E-state index contributed by atoms with van der Waals surface area (Å²) in [6, 6.07) is 7.09. The Hall–Kier alpha value is -2.67. The smallest absolute Gasteiger partial charge is 0.279 e. The summed E-state index contributed by atoms with van der Waals surface area (Å²) >= 11 is 6.04. The molecule has 0 unspecified atom stereocenters. The van der Waals surface area contributed by atoms with Crippen molar-refractivity contribution < 1.29 is 9.32 Å². The maximum absolute atomic E-state index is 12.3. The maximum atomic E-state index is 12.3. The molecular formula is C15H14ClN5O2. The molecular weight excluding hydrogens is 318 g/mol. The average molecular weight is 332 g/mol. The summed E-state index contributed by atoms with van der Waals surface area (Å²) in [5.41, 5.74) is 2.57. The molecule has 8 heteroatoms. The Bertz CT molecular complexity index is 884. The van der Waals surface area contributed by atoms with Gasteiger partial charge in [0.2, 0.25) is 0 Å². The van der Waals surface area contributed by atoms with E-state index >= 15 is 0 Å². The normalized spacial score (nSPS) is 10.8. The summed E-state index contributed by atoms with van der Waals surface area (Å²) < 4.78 is 6.50. The van der Waals surface area contributed by atoms with Gasteiger partial charge in [-0.2, -0.15) is 0 Å². The minimum atomic E-state index is -0.401. The minimum absolute atomic E-state index is 0.213. The first-order valence-electron chi connectivity index (χ1n) is 6.89. The van der Waals surface area contributed by atoms with E-state index < -0.39 is 5.91 Å². The lowest BCUT2D eigenvalue weighted by Gasteiger charge is -2.07. The molecule has 1 amide bonds. The molecule has 0 saturated carbocycles. The van der Waals surface area contributed by atoms with E-state index in [9.17, 15) is 4.79 Å². The van der Waals surface area contributed by atoms with Crippen LogP contribution in [0.3, 0.4) is 0 Å². The number of hydrogen-bond donors (Lipinski definition) is 1. The van der Waals surface area contributed by atoms with Gasteiger partial charge in [0.25, 0.3) is 5.91 Å². The number of aromatic nitrogens is 4. The van der Waals surface area contributed by atoms with Gasteiger partial charge in [-0.15, -0.1) is 5.10 Å². The van der Waals surface area contributed by atoms with Crippen LogP contribution in [0.4, 0.5) is 5.82 Å². The minimum Gasteiger partial charge on any atom is -0.360 e. The Morgan fingerprint density at radius 1 is 1.26 bits per heavy atom.